The second-order valence-corrected chi connectivity index (χ2v) is 9.28. The van der Waals surface area contributed by atoms with Crippen LogP contribution in [-0.4, -0.2) is 36.8 Å². The van der Waals surface area contributed by atoms with E-state index in [-0.39, 0.29) is 6.04 Å². The van der Waals surface area contributed by atoms with Crippen molar-refractivity contribution in [1.29, 1.82) is 0 Å². The van der Waals surface area contributed by atoms with Crippen LogP contribution in [-0.2, 0) is 6.42 Å². The van der Waals surface area contributed by atoms with Crippen LogP contribution >= 0.6 is 12.2 Å². The first-order chi connectivity index (χ1) is 14.7. The van der Waals surface area contributed by atoms with E-state index >= 15 is 0 Å². The van der Waals surface area contributed by atoms with Crippen LogP contribution in [0.1, 0.15) is 48.4 Å². The van der Waals surface area contributed by atoms with Gasteiger partial charge in [-0.15, -0.1) is 0 Å². The van der Waals surface area contributed by atoms with Crippen molar-refractivity contribution in [3.8, 4) is 11.5 Å². The average molecular weight is 423 g/mol. The number of ether oxygens (including phenoxy) is 2. The minimum absolute atomic E-state index is 0.0772. The Balaban J connectivity index is 1.49. The fourth-order valence-corrected chi connectivity index (χ4v) is 6.17. The number of benzene rings is 2. The third-order valence-electron chi connectivity index (χ3n) is 7.30. The van der Waals surface area contributed by atoms with Gasteiger partial charge in [0.1, 0.15) is 0 Å². The molecule has 0 aromatic heterocycles. The molecule has 1 N–H and O–H groups in total. The molecule has 4 nitrogen and oxygen atoms in total. The number of thiocarbonyl (C=S) groups is 1. The molecule has 2 fully saturated rings. The van der Waals surface area contributed by atoms with Crippen LogP contribution < -0.4 is 14.8 Å². The first-order valence-electron chi connectivity index (χ1n) is 11.0. The van der Waals surface area contributed by atoms with Crippen molar-refractivity contribution in [2.24, 2.45) is 11.8 Å². The molecule has 1 heterocycles. The third kappa shape index (κ3) is 3.43. The molecule has 1 aliphatic heterocycles. The fraction of sp³-hybridized carbons (Fsp3) is 0.480. The van der Waals surface area contributed by atoms with Crippen LogP contribution in [0.25, 0.3) is 0 Å². The maximum Gasteiger partial charge on any atom is 0.169 e. The third-order valence-corrected chi connectivity index (χ3v) is 7.65. The van der Waals surface area contributed by atoms with Crippen molar-refractivity contribution in [1.82, 2.24) is 10.2 Å². The number of methoxy groups -OCH3 is 2. The van der Waals surface area contributed by atoms with Crippen molar-refractivity contribution in [2.75, 3.05) is 20.8 Å². The maximum atomic E-state index is 6.00. The molecular weight excluding hydrogens is 392 g/mol. The molecule has 0 spiro atoms. The number of nitrogens with one attached hydrogen (secondary N) is 1. The van der Waals surface area contributed by atoms with E-state index in [9.17, 15) is 0 Å². The van der Waals surface area contributed by atoms with E-state index in [0.29, 0.717) is 6.04 Å². The van der Waals surface area contributed by atoms with E-state index in [1.165, 1.54) is 42.4 Å². The van der Waals surface area contributed by atoms with E-state index < -0.39 is 0 Å². The lowest BCUT2D eigenvalue weighted by Crippen LogP contribution is -2.50. The van der Waals surface area contributed by atoms with E-state index in [4.69, 9.17) is 21.7 Å². The van der Waals surface area contributed by atoms with E-state index in [2.05, 4.69) is 52.7 Å². The first kappa shape index (κ1) is 19.7. The Morgan fingerprint density at radius 1 is 1.03 bits per heavy atom. The smallest absolute Gasteiger partial charge is 0.169 e. The highest BCUT2D eigenvalue weighted by atomic mass is 32.1. The molecule has 0 saturated heterocycles. The second-order valence-electron chi connectivity index (χ2n) is 8.89. The monoisotopic (exact) mass is 422 g/mol. The average Bonchev–Trinajstić information content (AvgIpc) is 3.41. The molecule has 0 amide bonds. The zero-order valence-corrected chi connectivity index (χ0v) is 18.6. The normalized spacial score (nSPS) is 26.9. The lowest BCUT2D eigenvalue weighted by Gasteiger charge is -2.41. The standard InChI is InChI=1S/C25H30N2O2S/c1-28-22-14-18-10-11-27(25(30)26-21-13-16-8-9-19(21)12-16)24(17-6-4-3-5-7-17)20(18)15-23(22)29-2/h3-7,14-16,19,21,24H,8-13H2,1-2H3,(H,26,30)/t16-,19-,21-,24+/m0/s1. The van der Waals surface area contributed by atoms with Crippen molar-refractivity contribution in [3.05, 3.63) is 59.2 Å². The summed E-state index contributed by atoms with van der Waals surface area (Å²) in [5, 5.41) is 4.65. The van der Waals surface area contributed by atoms with E-state index in [1.54, 1.807) is 14.2 Å². The summed E-state index contributed by atoms with van der Waals surface area (Å²) in [7, 11) is 3.39. The van der Waals surface area contributed by atoms with Gasteiger partial charge in [0.2, 0.25) is 0 Å². The van der Waals surface area contributed by atoms with Crippen LogP contribution in [0.3, 0.4) is 0 Å². The van der Waals surface area contributed by atoms with Gasteiger partial charge in [0.25, 0.3) is 0 Å². The van der Waals surface area contributed by atoms with Crippen molar-refractivity contribution >= 4 is 17.3 Å². The summed E-state index contributed by atoms with van der Waals surface area (Å²) >= 11 is 6.00. The molecule has 30 heavy (non-hydrogen) atoms. The Kier molecular flexibility index (Phi) is 5.32. The van der Waals surface area contributed by atoms with Gasteiger partial charge in [0, 0.05) is 12.6 Å². The van der Waals surface area contributed by atoms with E-state index in [1.807, 2.05) is 0 Å². The molecule has 158 valence electrons. The summed E-state index contributed by atoms with van der Waals surface area (Å²) < 4.78 is 11.2. The van der Waals surface area contributed by atoms with Crippen molar-refractivity contribution < 1.29 is 9.47 Å². The van der Waals surface area contributed by atoms with Crippen LogP contribution in [0.15, 0.2) is 42.5 Å². The summed E-state index contributed by atoms with van der Waals surface area (Å²) in [5.74, 6) is 3.26. The highest BCUT2D eigenvalue weighted by molar-refractivity contribution is 7.80. The molecule has 4 atom stereocenters. The molecule has 2 aromatic rings. The number of rotatable bonds is 4. The largest absolute Gasteiger partial charge is 0.493 e. The zero-order chi connectivity index (χ0) is 20.7. The minimum Gasteiger partial charge on any atom is -0.493 e. The number of fused-ring (bicyclic) bond motifs is 3. The first-order valence-corrected chi connectivity index (χ1v) is 11.5. The van der Waals surface area contributed by atoms with Gasteiger partial charge in [-0.1, -0.05) is 36.8 Å². The summed E-state index contributed by atoms with van der Waals surface area (Å²) in [4.78, 5) is 2.38. The topological polar surface area (TPSA) is 33.7 Å². The van der Waals surface area contributed by atoms with Gasteiger partial charge in [-0.25, -0.2) is 0 Å². The second kappa shape index (κ2) is 8.10. The molecule has 5 rings (SSSR count). The van der Waals surface area contributed by atoms with Crippen LogP contribution in [0.2, 0.25) is 0 Å². The molecule has 2 saturated carbocycles. The Morgan fingerprint density at radius 2 is 1.80 bits per heavy atom. The highest BCUT2D eigenvalue weighted by Crippen LogP contribution is 2.45. The van der Waals surface area contributed by atoms with Crippen LogP contribution in [0.4, 0.5) is 0 Å². The predicted octanol–water partition coefficient (Wildman–Crippen LogP) is 4.71. The quantitative estimate of drug-likeness (QED) is 0.722. The molecule has 2 aliphatic carbocycles. The van der Waals surface area contributed by atoms with Gasteiger partial charge in [-0.05, 0) is 78.6 Å². The molecule has 0 unspecified atom stereocenters. The Labute approximate surface area is 184 Å². The summed E-state index contributed by atoms with van der Waals surface area (Å²) in [6, 6.07) is 15.6. The Morgan fingerprint density at radius 3 is 2.47 bits per heavy atom. The molecular formula is C25H30N2O2S. The van der Waals surface area contributed by atoms with Gasteiger partial charge in [-0.2, -0.15) is 0 Å². The minimum atomic E-state index is 0.0772. The molecule has 2 bridgehead atoms. The van der Waals surface area contributed by atoms with Gasteiger partial charge in [0.15, 0.2) is 16.6 Å². The van der Waals surface area contributed by atoms with Gasteiger partial charge >= 0.3 is 0 Å². The van der Waals surface area contributed by atoms with Crippen molar-refractivity contribution in [2.45, 2.75) is 44.2 Å². The fourth-order valence-electron chi connectivity index (χ4n) is 5.82. The maximum absolute atomic E-state index is 6.00. The van der Waals surface area contributed by atoms with Crippen LogP contribution in [0, 0.1) is 11.8 Å². The molecule has 5 heteroatoms. The van der Waals surface area contributed by atoms with Gasteiger partial charge in [-0.3, -0.25) is 0 Å². The number of hydrogen-bond acceptors (Lipinski definition) is 3. The number of hydrogen-bond donors (Lipinski definition) is 1. The highest BCUT2D eigenvalue weighted by Gasteiger charge is 2.41. The van der Waals surface area contributed by atoms with Gasteiger partial charge in [0.05, 0.1) is 20.3 Å². The summed E-state index contributed by atoms with van der Waals surface area (Å²) in [6.07, 6.45) is 6.35. The Bertz CT molecular complexity index is 932. The SMILES string of the molecule is COc1cc2c(cc1OC)[C@@H](c1ccccc1)N(C(=S)N[C@H]1C[C@H]3CC[C@H]1C3)CC2. The summed E-state index contributed by atoms with van der Waals surface area (Å²) in [6.45, 7) is 0.898. The Hall–Kier alpha value is -2.27. The molecule has 3 aliphatic rings. The van der Waals surface area contributed by atoms with E-state index in [0.717, 1.165) is 41.4 Å². The summed E-state index contributed by atoms with van der Waals surface area (Å²) in [5.41, 5.74) is 3.81. The molecule has 0 radical (unpaired) electrons. The molecule has 2 aromatic carbocycles. The van der Waals surface area contributed by atoms with Crippen molar-refractivity contribution in [3.63, 3.8) is 0 Å². The lowest BCUT2D eigenvalue weighted by atomic mass is 9.88. The number of nitrogens with zero attached hydrogens (tertiary/aromatic N) is 1. The van der Waals surface area contributed by atoms with Gasteiger partial charge < -0.3 is 19.7 Å². The van der Waals surface area contributed by atoms with Crippen LogP contribution in [0.5, 0.6) is 11.5 Å². The lowest BCUT2D eigenvalue weighted by molar-refractivity contribution is 0.309. The predicted molar refractivity (Wildman–Crippen MR) is 123 cm³/mol. The zero-order valence-electron chi connectivity index (χ0n) is 17.8.